The summed E-state index contributed by atoms with van der Waals surface area (Å²) >= 11 is 1.64. The van der Waals surface area contributed by atoms with Crippen LogP contribution in [0.3, 0.4) is 0 Å². The summed E-state index contributed by atoms with van der Waals surface area (Å²) in [5.74, 6) is 1.48. The lowest BCUT2D eigenvalue weighted by Gasteiger charge is -2.18. The van der Waals surface area contributed by atoms with Crippen LogP contribution in [0.1, 0.15) is 5.56 Å². The first-order valence-corrected chi connectivity index (χ1v) is 8.33. The van der Waals surface area contributed by atoms with E-state index in [1.165, 1.54) is 0 Å². The fourth-order valence-electron chi connectivity index (χ4n) is 2.29. The number of fused-ring (bicyclic) bond motifs is 1. The van der Waals surface area contributed by atoms with Gasteiger partial charge in [0.1, 0.15) is 12.4 Å². The van der Waals surface area contributed by atoms with Gasteiger partial charge >= 0.3 is 0 Å². The highest BCUT2D eigenvalue weighted by Crippen LogP contribution is 2.29. The molecule has 23 heavy (non-hydrogen) atoms. The second-order valence-electron chi connectivity index (χ2n) is 5.05. The zero-order chi connectivity index (χ0) is 16.1. The lowest BCUT2D eigenvalue weighted by molar-refractivity contribution is -0.113. The van der Waals surface area contributed by atoms with E-state index in [-0.39, 0.29) is 12.5 Å². The van der Waals surface area contributed by atoms with Gasteiger partial charge in [-0.05, 0) is 24.3 Å². The molecule has 3 nitrogen and oxygen atoms in total. The molecule has 1 aliphatic heterocycles. The summed E-state index contributed by atoms with van der Waals surface area (Å²) in [5, 5.41) is 2.98. The van der Waals surface area contributed by atoms with Crippen LogP contribution in [-0.2, 0) is 4.79 Å². The highest BCUT2D eigenvalue weighted by Gasteiger charge is 2.17. The van der Waals surface area contributed by atoms with Crippen molar-refractivity contribution in [3.8, 4) is 5.75 Å². The van der Waals surface area contributed by atoms with Crippen molar-refractivity contribution in [1.82, 2.24) is 0 Å². The third kappa shape index (κ3) is 3.66. The molecule has 0 fully saturated rings. The van der Waals surface area contributed by atoms with Crippen molar-refractivity contribution in [2.75, 3.05) is 17.7 Å². The second kappa shape index (κ2) is 7.20. The van der Waals surface area contributed by atoms with Gasteiger partial charge in [-0.3, -0.25) is 4.79 Å². The van der Waals surface area contributed by atoms with Crippen LogP contribution in [0.15, 0.2) is 71.7 Å². The van der Waals surface area contributed by atoms with E-state index in [1.54, 1.807) is 11.8 Å². The SMILES string of the molecule is C=CCSc1ccccc1NC(=O)C1=Cc2ccccc2OC1. The molecule has 2 aromatic carbocycles. The van der Waals surface area contributed by atoms with Gasteiger partial charge in [-0.25, -0.2) is 0 Å². The van der Waals surface area contributed by atoms with Gasteiger partial charge in [0, 0.05) is 16.2 Å². The van der Waals surface area contributed by atoms with E-state index in [0.29, 0.717) is 5.57 Å². The molecule has 3 rings (SSSR count). The number of carbonyl (C=O) groups excluding carboxylic acids is 1. The van der Waals surface area contributed by atoms with Gasteiger partial charge in [-0.2, -0.15) is 0 Å². The maximum Gasteiger partial charge on any atom is 0.255 e. The number of anilines is 1. The molecular weight excluding hydrogens is 306 g/mol. The first kappa shape index (κ1) is 15.4. The molecule has 2 aromatic rings. The van der Waals surface area contributed by atoms with E-state index >= 15 is 0 Å². The van der Waals surface area contributed by atoms with Crippen molar-refractivity contribution >= 4 is 29.4 Å². The maximum atomic E-state index is 12.5. The Morgan fingerprint density at radius 2 is 2.00 bits per heavy atom. The number of amides is 1. The van der Waals surface area contributed by atoms with Crippen LogP contribution in [0.2, 0.25) is 0 Å². The summed E-state index contributed by atoms with van der Waals surface area (Å²) in [7, 11) is 0. The third-order valence-electron chi connectivity index (χ3n) is 3.42. The van der Waals surface area contributed by atoms with Crippen molar-refractivity contribution in [1.29, 1.82) is 0 Å². The highest BCUT2D eigenvalue weighted by molar-refractivity contribution is 7.99. The van der Waals surface area contributed by atoms with Crippen LogP contribution in [-0.4, -0.2) is 18.3 Å². The zero-order valence-corrected chi connectivity index (χ0v) is 13.4. The molecule has 1 amide bonds. The van der Waals surface area contributed by atoms with Gasteiger partial charge in [0.05, 0.1) is 11.3 Å². The number of benzene rings is 2. The first-order chi connectivity index (χ1) is 11.3. The Morgan fingerprint density at radius 1 is 1.22 bits per heavy atom. The molecule has 1 N–H and O–H groups in total. The Morgan fingerprint density at radius 3 is 2.87 bits per heavy atom. The van der Waals surface area contributed by atoms with Gasteiger partial charge in [0.25, 0.3) is 5.91 Å². The van der Waals surface area contributed by atoms with Crippen molar-refractivity contribution in [2.24, 2.45) is 0 Å². The number of ether oxygens (including phenoxy) is 1. The fourth-order valence-corrected chi connectivity index (χ4v) is 3.04. The zero-order valence-electron chi connectivity index (χ0n) is 12.6. The molecule has 0 bridgehead atoms. The van der Waals surface area contributed by atoms with Crippen LogP contribution in [0.4, 0.5) is 5.69 Å². The molecule has 0 aliphatic carbocycles. The van der Waals surface area contributed by atoms with E-state index in [1.807, 2.05) is 60.7 Å². The molecule has 0 saturated heterocycles. The molecule has 4 heteroatoms. The Bertz CT molecular complexity index is 767. The van der Waals surface area contributed by atoms with Crippen molar-refractivity contribution < 1.29 is 9.53 Å². The highest BCUT2D eigenvalue weighted by atomic mass is 32.2. The minimum absolute atomic E-state index is 0.133. The van der Waals surface area contributed by atoms with E-state index < -0.39 is 0 Å². The summed E-state index contributed by atoms with van der Waals surface area (Å²) in [6.45, 7) is 4.01. The van der Waals surface area contributed by atoms with Crippen LogP contribution < -0.4 is 10.1 Å². The first-order valence-electron chi connectivity index (χ1n) is 7.34. The van der Waals surface area contributed by atoms with Gasteiger partial charge in [-0.1, -0.05) is 36.4 Å². The van der Waals surface area contributed by atoms with Crippen molar-refractivity contribution in [2.45, 2.75) is 4.90 Å². The molecule has 1 aliphatic rings. The van der Waals surface area contributed by atoms with E-state index in [9.17, 15) is 4.79 Å². The molecule has 0 radical (unpaired) electrons. The molecule has 0 aromatic heterocycles. The Balaban J connectivity index is 1.78. The van der Waals surface area contributed by atoms with Crippen LogP contribution in [0, 0.1) is 0 Å². The number of nitrogens with one attached hydrogen (secondary N) is 1. The largest absolute Gasteiger partial charge is 0.488 e. The number of carbonyl (C=O) groups is 1. The average molecular weight is 323 g/mol. The molecule has 0 unspecified atom stereocenters. The Hall–Kier alpha value is -2.46. The summed E-state index contributed by atoms with van der Waals surface area (Å²) in [6, 6.07) is 15.5. The van der Waals surface area contributed by atoms with Crippen molar-refractivity contribution in [3.63, 3.8) is 0 Å². The third-order valence-corrected chi connectivity index (χ3v) is 4.48. The van der Waals surface area contributed by atoms with Crippen LogP contribution >= 0.6 is 11.8 Å². The monoisotopic (exact) mass is 323 g/mol. The lowest BCUT2D eigenvalue weighted by atomic mass is 10.1. The van der Waals surface area contributed by atoms with Crippen molar-refractivity contribution in [3.05, 3.63) is 72.3 Å². The molecular formula is C19H17NO2S. The van der Waals surface area contributed by atoms with Crippen LogP contribution in [0.25, 0.3) is 6.08 Å². The quantitative estimate of drug-likeness (QED) is 0.655. The predicted molar refractivity (Wildman–Crippen MR) is 95.9 cm³/mol. The maximum absolute atomic E-state index is 12.5. The fraction of sp³-hybridized carbons (Fsp3) is 0.105. The predicted octanol–water partition coefficient (Wildman–Crippen LogP) is 4.38. The minimum Gasteiger partial charge on any atom is -0.488 e. The Kier molecular flexibility index (Phi) is 4.83. The molecule has 1 heterocycles. The second-order valence-corrected chi connectivity index (χ2v) is 6.11. The molecule has 116 valence electrons. The van der Waals surface area contributed by atoms with E-state index in [0.717, 1.165) is 27.6 Å². The van der Waals surface area contributed by atoms with E-state index in [4.69, 9.17) is 4.74 Å². The summed E-state index contributed by atoms with van der Waals surface area (Å²) < 4.78 is 5.64. The van der Waals surface area contributed by atoms with Crippen LogP contribution in [0.5, 0.6) is 5.75 Å². The van der Waals surface area contributed by atoms with Gasteiger partial charge in [0.15, 0.2) is 0 Å². The number of hydrogen-bond acceptors (Lipinski definition) is 3. The van der Waals surface area contributed by atoms with E-state index in [2.05, 4.69) is 11.9 Å². The standard InChI is InChI=1S/C19H17NO2S/c1-2-11-23-18-10-6-4-8-16(18)20-19(21)15-12-14-7-3-5-9-17(14)22-13-15/h2-10,12H,1,11,13H2,(H,20,21). The van der Waals surface area contributed by atoms with Gasteiger partial charge < -0.3 is 10.1 Å². The summed E-state index contributed by atoms with van der Waals surface area (Å²) in [5.41, 5.74) is 2.36. The Labute approximate surface area is 140 Å². The number of rotatable bonds is 5. The number of hydrogen-bond donors (Lipinski definition) is 1. The molecule has 0 atom stereocenters. The summed E-state index contributed by atoms with van der Waals surface area (Å²) in [6.07, 6.45) is 3.73. The number of para-hydroxylation sites is 2. The normalized spacial score (nSPS) is 12.6. The average Bonchev–Trinajstić information content (AvgIpc) is 2.60. The molecule has 0 spiro atoms. The topological polar surface area (TPSA) is 38.3 Å². The number of thioether (sulfide) groups is 1. The van der Waals surface area contributed by atoms with Gasteiger partial charge in [-0.15, -0.1) is 18.3 Å². The van der Waals surface area contributed by atoms with Gasteiger partial charge in [0.2, 0.25) is 0 Å². The smallest absolute Gasteiger partial charge is 0.255 e. The lowest BCUT2D eigenvalue weighted by Crippen LogP contribution is -2.21. The summed E-state index contributed by atoms with van der Waals surface area (Å²) in [4.78, 5) is 13.5. The molecule has 0 saturated carbocycles. The minimum atomic E-state index is -0.133.